The van der Waals surface area contributed by atoms with Crippen molar-refractivity contribution in [1.29, 1.82) is 0 Å². The molecule has 3 amide bonds. The van der Waals surface area contributed by atoms with Gasteiger partial charge in [0.15, 0.2) is 0 Å². The van der Waals surface area contributed by atoms with Gasteiger partial charge in [-0.2, -0.15) is 0 Å². The van der Waals surface area contributed by atoms with Crippen molar-refractivity contribution in [2.45, 2.75) is 13.3 Å². The third-order valence-corrected chi connectivity index (χ3v) is 3.98. The fourth-order valence-corrected chi connectivity index (χ4v) is 2.62. The standard InChI is InChI=1S/C15H23N3O4/c1-3-5-16-13(19)11-10-12(11)14(20)17-6-8-18(9-7-17)15(21)22-4-2/h3,11-12H,1,4-10H2,2H3,(H,16,19). The van der Waals surface area contributed by atoms with Crippen molar-refractivity contribution < 1.29 is 19.1 Å². The second-order valence-electron chi connectivity index (χ2n) is 5.49. The number of nitrogens with zero attached hydrogens (tertiary/aromatic N) is 2. The number of amides is 3. The quantitative estimate of drug-likeness (QED) is 0.737. The molecule has 1 saturated heterocycles. The van der Waals surface area contributed by atoms with Gasteiger partial charge in [0.2, 0.25) is 11.8 Å². The second-order valence-corrected chi connectivity index (χ2v) is 5.49. The van der Waals surface area contributed by atoms with Gasteiger partial charge in [-0.1, -0.05) is 6.08 Å². The molecule has 22 heavy (non-hydrogen) atoms. The number of hydrogen-bond donors (Lipinski definition) is 1. The summed E-state index contributed by atoms with van der Waals surface area (Å²) in [6, 6.07) is 0. The maximum atomic E-state index is 12.3. The van der Waals surface area contributed by atoms with Gasteiger partial charge in [0.05, 0.1) is 18.4 Å². The van der Waals surface area contributed by atoms with Gasteiger partial charge in [-0.3, -0.25) is 9.59 Å². The Balaban J connectivity index is 1.76. The normalized spacial score (nSPS) is 23.7. The second kappa shape index (κ2) is 7.29. The summed E-state index contributed by atoms with van der Waals surface area (Å²) in [6.07, 6.45) is 1.90. The number of carbonyl (C=O) groups is 3. The van der Waals surface area contributed by atoms with Gasteiger partial charge in [0.25, 0.3) is 0 Å². The summed E-state index contributed by atoms with van der Waals surface area (Å²) in [5.74, 6) is -0.486. The van der Waals surface area contributed by atoms with Crippen LogP contribution >= 0.6 is 0 Å². The molecule has 1 N–H and O–H groups in total. The summed E-state index contributed by atoms with van der Waals surface area (Å²) in [5.41, 5.74) is 0. The first kappa shape index (κ1) is 16.3. The first-order valence-corrected chi connectivity index (χ1v) is 7.67. The van der Waals surface area contributed by atoms with E-state index in [1.807, 2.05) is 0 Å². The van der Waals surface area contributed by atoms with Crippen LogP contribution < -0.4 is 5.32 Å². The summed E-state index contributed by atoms with van der Waals surface area (Å²) in [5, 5.41) is 2.72. The van der Waals surface area contributed by atoms with Gasteiger partial charge in [-0.25, -0.2) is 4.79 Å². The van der Waals surface area contributed by atoms with Crippen molar-refractivity contribution in [2.75, 3.05) is 39.3 Å². The van der Waals surface area contributed by atoms with Crippen LogP contribution in [0.15, 0.2) is 12.7 Å². The van der Waals surface area contributed by atoms with E-state index in [1.165, 1.54) is 0 Å². The van der Waals surface area contributed by atoms with Crippen LogP contribution in [0.2, 0.25) is 0 Å². The molecule has 0 aromatic heterocycles. The number of nitrogens with one attached hydrogen (secondary N) is 1. The molecule has 1 aliphatic heterocycles. The predicted octanol–water partition coefficient (Wildman–Crippen LogP) is 0.225. The SMILES string of the molecule is C=CCNC(=O)C1CC1C(=O)N1CCN(C(=O)OCC)CC1. The molecule has 7 nitrogen and oxygen atoms in total. The van der Waals surface area contributed by atoms with E-state index in [0.29, 0.717) is 45.8 Å². The van der Waals surface area contributed by atoms with Crippen molar-refractivity contribution >= 4 is 17.9 Å². The van der Waals surface area contributed by atoms with Gasteiger partial charge >= 0.3 is 6.09 Å². The molecule has 2 unspecified atom stereocenters. The molecule has 2 atom stereocenters. The monoisotopic (exact) mass is 309 g/mol. The van der Waals surface area contributed by atoms with E-state index < -0.39 is 0 Å². The molecule has 0 spiro atoms. The number of ether oxygens (including phenoxy) is 1. The van der Waals surface area contributed by atoms with Crippen molar-refractivity contribution in [2.24, 2.45) is 11.8 Å². The van der Waals surface area contributed by atoms with Gasteiger partial charge in [-0.05, 0) is 13.3 Å². The minimum atomic E-state index is -0.331. The minimum absolute atomic E-state index is 0.0160. The Morgan fingerprint density at radius 3 is 2.41 bits per heavy atom. The van der Waals surface area contributed by atoms with Crippen molar-refractivity contribution in [3.8, 4) is 0 Å². The molecule has 2 rings (SSSR count). The molecule has 0 aromatic carbocycles. The average molecular weight is 309 g/mol. The zero-order valence-electron chi connectivity index (χ0n) is 12.9. The lowest BCUT2D eigenvalue weighted by Crippen LogP contribution is -2.51. The Labute approximate surface area is 130 Å². The highest BCUT2D eigenvalue weighted by Gasteiger charge is 2.49. The highest BCUT2D eigenvalue weighted by Crippen LogP contribution is 2.40. The molecule has 0 bridgehead atoms. The topological polar surface area (TPSA) is 79.0 Å². The van der Waals surface area contributed by atoms with E-state index in [4.69, 9.17) is 4.74 Å². The number of rotatable bonds is 5. The summed E-state index contributed by atoms with van der Waals surface area (Å²) < 4.78 is 4.95. The zero-order valence-corrected chi connectivity index (χ0v) is 12.9. The smallest absolute Gasteiger partial charge is 0.409 e. The minimum Gasteiger partial charge on any atom is -0.450 e. The van der Waals surface area contributed by atoms with Crippen molar-refractivity contribution in [3.63, 3.8) is 0 Å². The van der Waals surface area contributed by atoms with Gasteiger partial charge < -0.3 is 19.9 Å². The first-order valence-electron chi connectivity index (χ1n) is 7.67. The molecular weight excluding hydrogens is 286 g/mol. The lowest BCUT2D eigenvalue weighted by atomic mass is 10.2. The fourth-order valence-electron chi connectivity index (χ4n) is 2.62. The van der Waals surface area contributed by atoms with E-state index in [1.54, 1.807) is 22.8 Å². The Bertz CT molecular complexity index is 458. The third-order valence-electron chi connectivity index (χ3n) is 3.98. The molecular formula is C15H23N3O4. The summed E-state index contributed by atoms with van der Waals surface area (Å²) in [7, 11) is 0. The van der Waals surface area contributed by atoms with Crippen LogP contribution in [0.25, 0.3) is 0 Å². The highest BCUT2D eigenvalue weighted by atomic mass is 16.6. The molecule has 122 valence electrons. The van der Waals surface area contributed by atoms with Crippen LogP contribution in [-0.2, 0) is 14.3 Å². The maximum absolute atomic E-state index is 12.3. The lowest BCUT2D eigenvalue weighted by molar-refractivity contribution is -0.136. The first-order chi connectivity index (χ1) is 10.6. The molecule has 2 fully saturated rings. The van der Waals surface area contributed by atoms with Crippen LogP contribution in [0.4, 0.5) is 4.79 Å². The van der Waals surface area contributed by atoms with Crippen LogP contribution in [0.3, 0.4) is 0 Å². The Morgan fingerprint density at radius 1 is 1.18 bits per heavy atom. The average Bonchev–Trinajstić information content (AvgIpc) is 3.33. The summed E-state index contributed by atoms with van der Waals surface area (Å²) in [6.45, 7) is 8.03. The van der Waals surface area contributed by atoms with Crippen LogP contribution in [0.1, 0.15) is 13.3 Å². The van der Waals surface area contributed by atoms with Crippen molar-refractivity contribution in [3.05, 3.63) is 12.7 Å². The zero-order chi connectivity index (χ0) is 16.1. The van der Waals surface area contributed by atoms with Crippen LogP contribution in [0.5, 0.6) is 0 Å². The van der Waals surface area contributed by atoms with Crippen LogP contribution in [-0.4, -0.2) is 67.0 Å². The van der Waals surface area contributed by atoms with Gasteiger partial charge in [0, 0.05) is 32.7 Å². The number of carbonyl (C=O) groups excluding carboxylic acids is 3. The van der Waals surface area contributed by atoms with Crippen molar-refractivity contribution in [1.82, 2.24) is 15.1 Å². The molecule has 1 heterocycles. The molecule has 0 radical (unpaired) electrons. The molecule has 2 aliphatic rings. The van der Waals surface area contributed by atoms with E-state index >= 15 is 0 Å². The largest absolute Gasteiger partial charge is 0.450 e. The maximum Gasteiger partial charge on any atom is 0.409 e. The third kappa shape index (κ3) is 3.78. The summed E-state index contributed by atoms with van der Waals surface area (Å²) >= 11 is 0. The van der Waals surface area contributed by atoms with Gasteiger partial charge in [0.1, 0.15) is 0 Å². The fraction of sp³-hybridized carbons (Fsp3) is 0.667. The molecule has 1 saturated carbocycles. The predicted molar refractivity (Wildman–Crippen MR) is 80.0 cm³/mol. The molecule has 7 heteroatoms. The Morgan fingerprint density at radius 2 is 1.82 bits per heavy atom. The van der Waals surface area contributed by atoms with Gasteiger partial charge in [-0.15, -0.1) is 6.58 Å². The van der Waals surface area contributed by atoms with Crippen LogP contribution in [0, 0.1) is 11.8 Å². The highest BCUT2D eigenvalue weighted by molar-refractivity contribution is 5.92. The van der Waals surface area contributed by atoms with E-state index in [2.05, 4.69) is 11.9 Å². The Hall–Kier alpha value is -2.05. The van der Waals surface area contributed by atoms with E-state index in [9.17, 15) is 14.4 Å². The summed E-state index contributed by atoms with van der Waals surface area (Å²) in [4.78, 5) is 39.1. The van der Waals surface area contributed by atoms with E-state index in [-0.39, 0.29) is 29.7 Å². The Kier molecular flexibility index (Phi) is 5.41. The number of piperazine rings is 1. The van der Waals surface area contributed by atoms with E-state index in [0.717, 1.165) is 0 Å². The molecule has 1 aliphatic carbocycles. The lowest BCUT2D eigenvalue weighted by Gasteiger charge is -2.34. The number of hydrogen-bond acceptors (Lipinski definition) is 4. The molecule has 0 aromatic rings.